The number of thioether (sulfide) groups is 1. The Morgan fingerprint density at radius 2 is 2.29 bits per heavy atom. The fourth-order valence-corrected chi connectivity index (χ4v) is 5.56. The van der Waals surface area contributed by atoms with E-state index in [1.165, 1.54) is 10.5 Å². The topological polar surface area (TPSA) is 46.2 Å². The minimum Gasteiger partial charge on any atom is -0.316 e. The molecule has 1 fully saturated rings. The highest BCUT2D eigenvalue weighted by Gasteiger charge is 2.28. The van der Waals surface area contributed by atoms with E-state index in [2.05, 4.69) is 23.5 Å². The van der Waals surface area contributed by atoms with E-state index < -0.39 is 9.84 Å². The van der Waals surface area contributed by atoms with Crippen molar-refractivity contribution in [1.82, 2.24) is 5.32 Å². The second-order valence-electron chi connectivity index (χ2n) is 4.32. The minimum absolute atomic E-state index is 0.227. The molecule has 0 bridgehead atoms. The average molecular weight is 271 g/mol. The molecular formula is C12H17NO2S2. The van der Waals surface area contributed by atoms with E-state index in [9.17, 15) is 8.42 Å². The standard InChI is InChI=1S/C12H17NO2S2/c1-13-8-10-3-2-4-11(7-10)16-12-5-6-17(14,15)9-12/h2-4,7,12-13H,5-6,8-9H2,1H3. The van der Waals surface area contributed by atoms with Crippen molar-refractivity contribution in [2.45, 2.75) is 23.1 Å². The number of benzene rings is 1. The van der Waals surface area contributed by atoms with Crippen molar-refractivity contribution in [3.05, 3.63) is 29.8 Å². The van der Waals surface area contributed by atoms with E-state index in [0.717, 1.165) is 13.0 Å². The average Bonchev–Trinajstić information content (AvgIpc) is 2.59. The molecule has 0 spiro atoms. The molecule has 0 amide bonds. The molecule has 1 aliphatic rings. The van der Waals surface area contributed by atoms with Gasteiger partial charge in [0.25, 0.3) is 0 Å². The number of sulfone groups is 1. The Hall–Kier alpha value is -0.520. The van der Waals surface area contributed by atoms with Crippen molar-refractivity contribution < 1.29 is 8.42 Å². The summed E-state index contributed by atoms with van der Waals surface area (Å²) in [4.78, 5) is 1.17. The van der Waals surface area contributed by atoms with E-state index in [4.69, 9.17) is 0 Å². The van der Waals surface area contributed by atoms with Crippen LogP contribution in [0.25, 0.3) is 0 Å². The lowest BCUT2D eigenvalue weighted by Crippen LogP contribution is -2.07. The molecule has 2 rings (SSSR count). The van der Waals surface area contributed by atoms with E-state index in [1.807, 2.05) is 13.1 Å². The summed E-state index contributed by atoms with van der Waals surface area (Å²) in [5, 5.41) is 3.34. The van der Waals surface area contributed by atoms with Crippen molar-refractivity contribution in [2.75, 3.05) is 18.6 Å². The second kappa shape index (κ2) is 5.42. The molecule has 94 valence electrons. The first-order chi connectivity index (χ1) is 8.09. The van der Waals surface area contributed by atoms with Gasteiger partial charge in [0.05, 0.1) is 11.5 Å². The van der Waals surface area contributed by atoms with Gasteiger partial charge in [-0.05, 0) is 31.2 Å². The van der Waals surface area contributed by atoms with E-state index in [0.29, 0.717) is 11.5 Å². The predicted octanol–water partition coefficient (Wildman–Crippen LogP) is 1.69. The monoisotopic (exact) mass is 271 g/mol. The second-order valence-corrected chi connectivity index (χ2v) is 7.92. The summed E-state index contributed by atoms with van der Waals surface area (Å²) < 4.78 is 22.8. The van der Waals surface area contributed by atoms with Crippen molar-refractivity contribution in [1.29, 1.82) is 0 Å². The van der Waals surface area contributed by atoms with Crippen LogP contribution in [-0.4, -0.2) is 32.2 Å². The lowest BCUT2D eigenvalue weighted by Gasteiger charge is -2.08. The summed E-state index contributed by atoms with van der Waals surface area (Å²) in [6, 6.07) is 8.28. The minimum atomic E-state index is -2.77. The van der Waals surface area contributed by atoms with Crippen LogP contribution in [0.3, 0.4) is 0 Å². The summed E-state index contributed by atoms with van der Waals surface area (Å²) in [5.74, 6) is 0.675. The zero-order chi connectivity index (χ0) is 12.3. The van der Waals surface area contributed by atoms with E-state index in [1.54, 1.807) is 11.8 Å². The molecule has 1 heterocycles. The first-order valence-corrected chi connectivity index (χ1v) is 8.40. The fraction of sp³-hybridized carbons (Fsp3) is 0.500. The van der Waals surface area contributed by atoms with E-state index in [-0.39, 0.29) is 5.25 Å². The van der Waals surface area contributed by atoms with Crippen LogP contribution in [0, 0.1) is 0 Å². The summed E-state index contributed by atoms with van der Waals surface area (Å²) in [5.41, 5.74) is 1.23. The number of hydrogen-bond donors (Lipinski definition) is 1. The molecule has 1 aromatic rings. The maximum atomic E-state index is 11.4. The number of nitrogens with one attached hydrogen (secondary N) is 1. The van der Waals surface area contributed by atoms with Crippen LogP contribution >= 0.6 is 11.8 Å². The maximum absolute atomic E-state index is 11.4. The molecule has 1 aromatic carbocycles. The maximum Gasteiger partial charge on any atom is 0.151 e. The highest BCUT2D eigenvalue weighted by atomic mass is 32.2. The van der Waals surface area contributed by atoms with Crippen LogP contribution in [0.15, 0.2) is 29.2 Å². The van der Waals surface area contributed by atoms with Crippen molar-refractivity contribution in [2.24, 2.45) is 0 Å². The molecule has 17 heavy (non-hydrogen) atoms. The molecule has 0 aromatic heterocycles. The van der Waals surface area contributed by atoms with Gasteiger partial charge in [0, 0.05) is 16.7 Å². The van der Waals surface area contributed by atoms with Gasteiger partial charge < -0.3 is 5.32 Å². The first kappa shape index (κ1) is 12.9. The number of rotatable bonds is 4. The van der Waals surface area contributed by atoms with Crippen molar-refractivity contribution in [3.8, 4) is 0 Å². The van der Waals surface area contributed by atoms with Gasteiger partial charge in [-0.15, -0.1) is 11.8 Å². The summed E-state index contributed by atoms with van der Waals surface area (Å²) in [7, 11) is -0.849. The third kappa shape index (κ3) is 3.72. The zero-order valence-corrected chi connectivity index (χ0v) is 11.5. The highest BCUT2D eigenvalue weighted by molar-refractivity contribution is 8.01. The van der Waals surface area contributed by atoms with Gasteiger partial charge in [0.15, 0.2) is 9.84 Å². The largest absolute Gasteiger partial charge is 0.316 e. The Morgan fingerprint density at radius 1 is 1.47 bits per heavy atom. The van der Waals surface area contributed by atoms with Crippen LogP contribution in [0.4, 0.5) is 0 Å². The first-order valence-electron chi connectivity index (χ1n) is 5.70. The summed E-state index contributed by atoms with van der Waals surface area (Å²) in [6.45, 7) is 0.845. The van der Waals surface area contributed by atoms with Gasteiger partial charge in [0.2, 0.25) is 0 Å². The number of hydrogen-bond acceptors (Lipinski definition) is 4. The van der Waals surface area contributed by atoms with Gasteiger partial charge in [-0.2, -0.15) is 0 Å². The van der Waals surface area contributed by atoms with Gasteiger partial charge >= 0.3 is 0 Å². The van der Waals surface area contributed by atoms with Crippen molar-refractivity contribution >= 4 is 21.6 Å². The third-order valence-corrected chi connectivity index (χ3v) is 6.01. The zero-order valence-electron chi connectivity index (χ0n) is 9.85. The molecule has 1 aliphatic heterocycles. The Kier molecular flexibility index (Phi) is 4.12. The van der Waals surface area contributed by atoms with Gasteiger partial charge in [-0.3, -0.25) is 0 Å². The van der Waals surface area contributed by atoms with Crippen LogP contribution < -0.4 is 5.32 Å². The summed E-state index contributed by atoms with van der Waals surface area (Å²) in [6.07, 6.45) is 0.781. The predicted molar refractivity (Wildman–Crippen MR) is 72.1 cm³/mol. The normalized spacial score (nSPS) is 22.8. The lowest BCUT2D eigenvalue weighted by atomic mass is 10.2. The van der Waals surface area contributed by atoms with Crippen LogP contribution in [-0.2, 0) is 16.4 Å². The molecule has 1 atom stereocenters. The highest BCUT2D eigenvalue weighted by Crippen LogP contribution is 2.31. The smallest absolute Gasteiger partial charge is 0.151 e. The molecular weight excluding hydrogens is 254 g/mol. The SMILES string of the molecule is CNCc1cccc(SC2CCS(=O)(=O)C2)c1. The molecule has 1 saturated heterocycles. The summed E-state index contributed by atoms with van der Waals surface area (Å²) >= 11 is 1.69. The molecule has 0 radical (unpaired) electrons. The quantitative estimate of drug-likeness (QED) is 0.905. The molecule has 5 heteroatoms. The lowest BCUT2D eigenvalue weighted by molar-refractivity contribution is 0.602. The van der Waals surface area contributed by atoms with Gasteiger partial charge in [0.1, 0.15) is 0 Å². The molecule has 1 unspecified atom stereocenters. The molecule has 1 N–H and O–H groups in total. The molecule has 3 nitrogen and oxygen atoms in total. The Bertz CT molecular complexity index is 485. The van der Waals surface area contributed by atoms with Gasteiger partial charge in [-0.25, -0.2) is 8.42 Å². The third-order valence-electron chi connectivity index (χ3n) is 2.77. The molecule has 0 aliphatic carbocycles. The van der Waals surface area contributed by atoms with Gasteiger partial charge in [-0.1, -0.05) is 12.1 Å². The Morgan fingerprint density at radius 3 is 2.94 bits per heavy atom. The van der Waals surface area contributed by atoms with E-state index >= 15 is 0 Å². The van der Waals surface area contributed by atoms with Crippen LogP contribution in [0.1, 0.15) is 12.0 Å². The fourth-order valence-electron chi connectivity index (χ4n) is 1.98. The van der Waals surface area contributed by atoms with Crippen LogP contribution in [0.2, 0.25) is 0 Å². The van der Waals surface area contributed by atoms with Crippen molar-refractivity contribution in [3.63, 3.8) is 0 Å². The Balaban J connectivity index is 2.01. The molecule has 0 saturated carbocycles. The van der Waals surface area contributed by atoms with Crippen LogP contribution in [0.5, 0.6) is 0 Å². The Labute approximate surface area is 107 Å².